The second-order valence-electron chi connectivity index (χ2n) is 9.61. The van der Waals surface area contributed by atoms with Crippen LogP contribution < -0.4 is 10.6 Å². The first kappa shape index (κ1) is 22.1. The third-order valence-corrected chi connectivity index (χ3v) is 6.57. The zero-order chi connectivity index (χ0) is 22.0. The molecular weight excluding hydrogens is 392 g/mol. The minimum absolute atomic E-state index is 0.0643. The second kappa shape index (κ2) is 9.57. The molecule has 7 heteroatoms. The first-order chi connectivity index (χ1) is 14.9. The summed E-state index contributed by atoms with van der Waals surface area (Å²) in [5.74, 6) is 0.559. The molecule has 2 saturated heterocycles. The van der Waals surface area contributed by atoms with E-state index < -0.39 is 0 Å². The molecule has 0 spiro atoms. The highest BCUT2D eigenvalue weighted by molar-refractivity contribution is 5.97. The van der Waals surface area contributed by atoms with Gasteiger partial charge in [0.15, 0.2) is 0 Å². The minimum Gasteiger partial charge on any atom is -0.373 e. The largest absolute Gasteiger partial charge is 0.373 e. The van der Waals surface area contributed by atoms with E-state index in [2.05, 4.69) is 29.4 Å². The van der Waals surface area contributed by atoms with Gasteiger partial charge in [0.25, 0.3) is 5.91 Å². The average Bonchev–Trinajstić information content (AvgIpc) is 3.53. The topological polar surface area (TPSA) is 73.9 Å². The number of likely N-dealkylation sites (tertiary alicyclic amines) is 1. The molecule has 0 aromatic heterocycles. The van der Waals surface area contributed by atoms with Gasteiger partial charge in [0.05, 0.1) is 12.2 Å². The molecule has 4 rings (SSSR count). The number of anilines is 1. The summed E-state index contributed by atoms with van der Waals surface area (Å²) in [5, 5.41) is 6.04. The third-order valence-electron chi connectivity index (χ3n) is 6.57. The standard InChI is InChI=1S/C24H36N4O3/c1-16-4-5-20(23(29)25-21-6-7-21)12-22(16)26-24(30)28-10-8-19(9-11-28)15-27-13-17(2)31-18(3)14-27/h4-5,12,17-19,21H,6-11,13-15H2,1-3H3,(H,25,29)(H,26,30). The molecule has 2 N–H and O–H groups in total. The highest BCUT2D eigenvalue weighted by Crippen LogP contribution is 2.24. The molecule has 1 aromatic carbocycles. The Morgan fingerprint density at radius 1 is 1.06 bits per heavy atom. The third kappa shape index (κ3) is 5.98. The molecule has 1 aliphatic carbocycles. The Labute approximate surface area is 185 Å². The van der Waals surface area contributed by atoms with E-state index in [0.29, 0.717) is 35.4 Å². The van der Waals surface area contributed by atoms with Gasteiger partial charge in [-0.2, -0.15) is 0 Å². The van der Waals surface area contributed by atoms with Gasteiger partial charge in [-0.3, -0.25) is 9.69 Å². The summed E-state index contributed by atoms with van der Waals surface area (Å²) in [4.78, 5) is 29.6. The van der Waals surface area contributed by atoms with Gasteiger partial charge in [-0.15, -0.1) is 0 Å². The number of piperidine rings is 1. The van der Waals surface area contributed by atoms with E-state index in [4.69, 9.17) is 4.74 Å². The van der Waals surface area contributed by atoms with Crippen molar-refractivity contribution in [2.24, 2.45) is 5.92 Å². The zero-order valence-electron chi connectivity index (χ0n) is 19.0. The Balaban J connectivity index is 1.27. The molecule has 7 nitrogen and oxygen atoms in total. The van der Waals surface area contributed by atoms with Crippen LogP contribution in [0.25, 0.3) is 0 Å². The van der Waals surface area contributed by atoms with E-state index in [1.807, 2.05) is 24.0 Å². The molecule has 0 radical (unpaired) electrons. The van der Waals surface area contributed by atoms with Crippen LogP contribution in [0.5, 0.6) is 0 Å². The van der Waals surface area contributed by atoms with E-state index >= 15 is 0 Å². The molecule has 170 valence electrons. The number of urea groups is 1. The maximum atomic E-state index is 12.9. The van der Waals surface area contributed by atoms with Gasteiger partial charge in [-0.1, -0.05) is 6.07 Å². The summed E-state index contributed by atoms with van der Waals surface area (Å²) < 4.78 is 5.84. The lowest BCUT2D eigenvalue weighted by atomic mass is 9.96. The monoisotopic (exact) mass is 428 g/mol. The van der Waals surface area contributed by atoms with E-state index in [-0.39, 0.29) is 11.9 Å². The summed E-state index contributed by atoms with van der Waals surface area (Å²) in [6.45, 7) is 10.9. The van der Waals surface area contributed by atoms with Crippen LogP contribution in [0.1, 0.15) is 55.5 Å². The van der Waals surface area contributed by atoms with Gasteiger partial charge in [0, 0.05) is 50.0 Å². The predicted octanol–water partition coefficient (Wildman–Crippen LogP) is 3.24. The van der Waals surface area contributed by atoms with Gasteiger partial charge >= 0.3 is 6.03 Å². The number of carbonyl (C=O) groups excluding carboxylic acids is 2. The van der Waals surface area contributed by atoms with Gasteiger partial charge in [0.1, 0.15) is 0 Å². The summed E-state index contributed by atoms with van der Waals surface area (Å²) in [6, 6.07) is 5.75. The van der Waals surface area contributed by atoms with E-state index in [1.165, 1.54) is 0 Å². The lowest BCUT2D eigenvalue weighted by Gasteiger charge is -2.39. The number of aryl methyl sites for hydroxylation is 1. The number of hydrogen-bond acceptors (Lipinski definition) is 4. The molecule has 3 amide bonds. The number of rotatable bonds is 5. The predicted molar refractivity (Wildman–Crippen MR) is 121 cm³/mol. The Hall–Kier alpha value is -2.12. The minimum atomic E-state index is -0.0741. The lowest BCUT2D eigenvalue weighted by Crippen LogP contribution is -2.49. The van der Waals surface area contributed by atoms with Gasteiger partial charge in [-0.05, 0) is 70.1 Å². The second-order valence-corrected chi connectivity index (χ2v) is 9.61. The molecule has 2 aliphatic heterocycles. The summed E-state index contributed by atoms with van der Waals surface area (Å²) in [7, 11) is 0. The number of benzene rings is 1. The Morgan fingerprint density at radius 2 is 1.74 bits per heavy atom. The van der Waals surface area contributed by atoms with Crippen LogP contribution in [0, 0.1) is 12.8 Å². The fourth-order valence-corrected chi connectivity index (χ4v) is 4.71. The maximum Gasteiger partial charge on any atom is 0.321 e. The first-order valence-corrected chi connectivity index (χ1v) is 11.7. The number of hydrogen-bond donors (Lipinski definition) is 2. The van der Waals surface area contributed by atoms with Crippen molar-refractivity contribution >= 4 is 17.6 Å². The van der Waals surface area contributed by atoms with Crippen molar-refractivity contribution in [1.82, 2.24) is 15.1 Å². The number of carbonyl (C=O) groups is 2. The van der Waals surface area contributed by atoms with Gasteiger partial charge in [-0.25, -0.2) is 4.79 Å². The van der Waals surface area contributed by atoms with E-state index in [9.17, 15) is 9.59 Å². The zero-order valence-corrected chi connectivity index (χ0v) is 19.0. The van der Waals surface area contributed by atoms with Crippen LogP contribution in [0.2, 0.25) is 0 Å². The molecule has 3 fully saturated rings. The Bertz CT molecular complexity index is 792. The molecule has 3 aliphatic rings. The van der Waals surface area contributed by atoms with E-state index in [0.717, 1.165) is 64.0 Å². The normalized spacial score (nSPS) is 25.3. The molecule has 2 unspecified atom stereocenters. The quantitative estimate of drug-likeness (QED) is 0.755. The van der Waals surface area contributed by atoms with Crippen molar-refractivity contribution in [3.63, 3.8) is 0 Å². The number of nitrogens with zero attached hydrogens (tertiary/aromatic N) is 2. The van der Waals surface area contributed by atoms with Crippen molar-refractivity contribution in [2.45, 2.75) is 64.7 Å². The number of nitrogens with one attached hydrogen (secondary N) is 2. The SMILES string of the molecule is Cc1ccc(C(=O)NC2CC2)cc1NC(=O)N1CCC(CN2CC(C)OC(C)C2)CC1. The molecule has 0 bridgehead atoms. The van der Waals surface area contributed by atoms with Crippen molar-refractivity contribution in [3.8, 4) is 0 Å². The fourth-order valence-electron chi connectivity index (χ4n) is 4.71. The van der Waals surface area contributed by atoms with Crippen LogP contribution in [0.4, 0.5) is 10.5 Å². The highest BCUT2D eigenvalue weighted by atomic mass is 16.5. The smallest absolute Gasteiger partial charge is 0.321 e. The van der Waals surface area contributed by atoms with Crippen molar-refractivity contribution in [2.75, 3.05) is 38.0 Å². The summed E-state index contributed by atoms with van der Waals surface area (Å²) in [6.07, 6.45) is 4.74. The van der Waals surface area contributed by atoms with Crippen LogP contribution in [-0.4, -0.2) is 72.7 Å². The molecular formula is C24H36N4O3. The first-order valence-electron chi connectivity index (χ1n) is 11.7. The number of morpholine rings is 1. The Kier molecular flexibility index (Phi) is 6.82. The summed E-state index contributed by atoms with van der Waals surface area (Å²) in [5.41, 5.74) is 2.27. The average molecular weight is 429 g/mol. The van der Waals surface area contributed by atoms with Gasteiger partial charge < -0.3 is 20.3 Å². The molecule has 1 aromatic rings. The van der Waals surface area contributed by atoms with Crippen molar-refractivity contribution in [1.29, 1.82) is 0 Å². The van der Waals surface area contributed by atoms with Crippen molar-refractivity contribution in [3.05, 3.63) is 29.3 Å². The molecule has 31 heavy (non-hydrogen) atoms. The lowest BCUT2D eigenvalue weighted by molar-refractivity contribution is -0.0728. The van der Waals surface area contributed by atoms with Crippen LogP contribution in [-0.2, 0) is 4.74 Å². The molecule has 2 heterocycles. The molecule has 1 saturated carbocycles. The van der Waals surface area contributed by atoms with Crippen LogP contribution in [0.3, 0.4) is 0 Å². The summed E-state index contributed by atoms with van der Waals surface area (Å²) >= 11 is 0. The number of amides is 3. The Morgan fingerprint density at radius 3 is 2.39 bits per heavy atom. The van der Waals surface area contributed by atoms with E-state index in [1.54, 1.807) is 6.07 Å². The van der Waals surface area contributed by atoms with Crippen LogP contribution in [0.15, 0.2) is 18.2 Å². The highest BCUT2D eigenvalue weighted by Gasteiger charge is 2.28. The van der Waals surface area contributed by atoms with Crippen molar-refractivity contribution < 1.29 is 14.3 Å². The van der Waals surface area contributed by atoms with Gasteiger partial charge in [0.2, 0.25) is 0 Å². The maximum absolute atomic E-state index is 12.9. The fraction of sp³-hybridized carbons (Fsp3) is 0.667. The van der Waals surface area contributed by atoms with Crippen LogP contribution >= 0.6 is 0 Å². The number of ether oxygens (including phenoxy) is 1. The molecule has 2 atom stereocenters.